The molecule has 1 aromatic rings. The molecule has 1 aliphatic heterocycles. The molecular formula is C8H13N3O. The van der Waals surface area contributed by atoms with Crippen LogP contribution in [0.5, 0.6) is 0 Å². The lowest BCUT2D eigenvalue weighted by molar-refractivity contribution is 0.376. The van der Waals surface area contributed by atoms with E-state index in [0.29, 0.717) is 6.54 Å². The smallest absolute Gasteiger partial charge is 0.153 e. The van der Waals surface area contributed by atoms with Crippen LogP contribution in [-0.4, -0.2) is 18.2 Å². The summed E-state index contributed by atoms with van der Waals surface area (Å²) >= 11 is 0. The highest BCUT2D eigenvalue weighted by atomic mass is 16.5. The third kappa shape index (κ3) is 1.23. The molecule has 0 atom stereocenters. The molecule has 0 aromatic carbocycles. The van der Waals surface area contributed by atoms with Crippen molar-refractivity contribution < 1.29 is 4.52 Å². The Kier molecular flexibility index (Phi) is 2.10. The zero-order valence-corrected chi connectivity index (χ0v) is 6.97. The molecule has 0 saturated heterocycles. The molecule has 0 saturated carbocycles. The molecule has 0 unspecified atom stereocenters. The number of nitrogens with zero attached hydrogens (tertiary/aromatic N) is 1. The standard InChI is InChI=1S/C8H13N3O/c9-5-8-6-1-3-10-4-2-7(6)11-12-8/h10H,1-5,9H2. The van der Waals surface area contributed by atoms with E-state index in [4.69, 9.17) is 10.3 Å². The van der Waals surface area contributed by atoms with Gasteiger partial charge in [0.25, 0.3) is 0 Å². The van der Waals surface area contributed by atoms with E-state index in [1.165, 1.54) is 5.56 Å². The Morgan fingerprint density at radius 2 is 2.25 bits per heavy atom. The van der Waals surface area contributed by atoms with Crippen LogP contribution >= 0.6 is 0 Å². The molecule has 0 amide bonds. The van der Waals surface area contributed by atoms with Gasteiger partial charge >= 0.3 is 0 Å². The first-order chi connectivity index (χ1) is 5.92. The summed E-state index contributed by atoms with van der Waals surface area (Å²) < 4.78 is 5.12. The van der Waals surface area contributed by atoms with Crippen molar-refractivity contribution >= 4 is 0 Å². The van der Waals surface area contributed by atoms with E-state index < -0.39 is 0 Å². The van der Waals surface area contributed by atoms with Crippen LogP contribution in [0.3, 0.4) is 0 Å². The van der Waals surface area contributed by atoms with Gasteiger partial charge in [-0.05, 0) is 13.0 Å². The Morgan fingerprint density at radius 3 is 3.08 bits per heavy atom. The third-order valence-corrected chi connectivity index (χ3v) is 2.23. The minimum absolute atomic E-state index is 0.461. The fourth-order valence-corrected chi connectivity index (χ4v) is 1.57. The molecule has 0 aliphatic carbocycles. The van der Waals surface area contributed by atoms with Gasteiger partial charge in [-0.1, -0.05) is 5.16 Å². The van der Waals surface area contributed by atoms with E-state index >= 15 is 0 Å². The number of hydrogen-bond acceptors (Lipinski definition) is 4. The third-order valence-electron chi connectivity index (χ3n) is 2.23. The average molecular weight is 167 g/mol. The highest BCUT2D eigenvalue weighted by Crippen LogP contribution is 2.16. The van der Waals surface area contributed by atoms with Gasteiger partial charge in [-0.25, -0.2) is 0 Å². The van der Waals surface area contributed by atoms with Crippen molar-refractivity contribution in [3.63, 3.8) is 0 Å². The van der Waals surface area contributed by atoms with Gasteiger partial charge in [0.1, 0.15) is 0 Å². The molecule has 1 aromatic heterocycles. The van der Waals surface area contributed by atoms with Crippen LogP contribution in [0.4, 0.5) is 0 Å². The Hall–Kier alpha value is -0.870. The summed E-state index contributed by atoms with van der Waals surface area (Å²) in [5.41, 5.74) is 7.82. The molecule has 0 radical (unpaired) electrons. The number of hydrogen-bond donors (Lipinski definition) is 2. The lowest BCUT2D eigenvalue weighted by atomic mass is 10.1. The second-order valence-corrected chi connectivity index (χ2v) is 2.99. The van der Waals surface area contributed by atoms with Gasteiger partial charge in [0.05, 0.1) is 12.2 Å². The monoisotopic (exact) mass is 167 g/mol. The second-order valence-electron chi connectivity index (χ2n) is 2.99. The Balaban J connectivity index is 2.32. The van der Waals surface area contributed by atoms with Crippen molar-refractivity contribution in [1.82, 2.24) is 10.5 Å². The van der Waals surface area contributed by atoms with Crippen LogP contribution in [0, 0.1) is 0 Å². The van der Waals surface area contributed by atoms with Gasteiger partial charge in [0.2, 0.25) is 0 Å². The van der Waals surface area contributed by atoms with E-state index in [9.17, 15) is 0 Å². The normalized spacial score (nSPS) is 17.1. The van der Waals surface area contributed by atoms with Crippen molar-refractivity contribution in [1.29, 1.82) is 0 Å². The Labute approximate surface area is 71.1 Å². The molecule has 4 heteroatoms. The quantitative estimate of drug-likeness (QED) is 0.609. The number of nitrogens with two attached hydrogens (primary N) is 1. The molecular weight excluding hydrogens is 154 g/mol. The fourth-order valence-electron chi connectivity index (χ4n) is 1.57. The summed E-state index contributed by atoms with van der Waals surface area (Å²) in [7, 11) is 0. The van der Waals surface area contributed by atoms with Crippen LogP contribution in [0.2, 0.25) is 0 Å². The van der Waals surface area contributed by atoms with Crippen molar-refractivity contribution in [2.24, 2.45) is 5.73 Å². The van der Waals surface area contributed by atoms with E-state index in [1.54, 1.807) is 0 Å². The number of fused-ring (bicyclic) bond motifs is 1. The van der Waals surface area contributed by atoms with E-state index in [0.717, 1.165) is 37.4 Å². The summed E-state index contributed by atoms with van der Waals surface area (Å²) in [5.74, 6) is 0.855. The van der Waals surface area contributed by atoms with Gasteiger partial charge in [0.15, 0.2) is 5.76 Å². The second kappa shape index (κ2) is 3.25. The molecule has 3 N–H and O–H groups in total. The van der Waals surface area contributed by atoms with E-state index in [-0.39, 0.29) is 0 Å². The largest absolute Gasteiger partial charge is 0.359 e. The summed E-state index contributed by atoms with van der Waals surface area (Å²) in [6, 6.07) is 0. The van der Waals surface area contributed by atoms with E-state index in [2.05, 4.69) is 10.5 Å². The first kappa shape index (κ1) is 7.76. The first-order valence-corrected chi connectivity index (χ1v) is 4.29. The Morgan fingerprint density at radius 1 is 1.42 bits per heavy atom. The molecule has 1 aliphatic rings. The molecule has 66 valence electrons. The summed E-state index contributed by atoms with van der Waals surface area (Å²) in [4.78, 5) is 0. The van der Waals surface area contributed by atoms with Crippen molar-refractivity contribution in [3.8, 4) is 0 Å². The van der Waals surface area contributed by atoms with Crippen LogP contribution in [0.15, 0.2) is 4.52 Å². The van der Waals surface area contributed by atoms with Crippen LogP contribution in [0.25, 0.3) is 0 Å². The van der Waals surface area contributed by atoms with Crippen LogP contribution < -0.4 is 11.1 Å². The molecule has 0 fully saturated rings. The van der Waals surface area contributed by atoms with Gasteiger partial charge in [0, 0.05) is 18.5 Å². The maximum atomic E-state index is 5.52. The highest BCUT2D eigenvalue weighted by molar-refractivity contribution is 5.24. The molecule has 0 spiro atoms. The topological polar surface area (TPSA) is 64.1 Å². The zero-order chi connectivity index (χ0) is 8.39. The summed E-state index contributed by atoms with van der Waals surface area (Å²) in [5, 5.41) is 7.30. The number of rotatable bonds is 1. The highest BCUT2D eigenvalue weighted by Gasteiger charge is 2.16. The zero-order valence-electron chi connectivity index (χ0n) is 6.97. The van der Waals surface area contributed by atoms with Crippen molar-refractivity contribution in [2.45, 2.75) is 19.4 Å². The SMILES string of the molecule is NCc1onc2c1CCNCC2. The molecule has 0 bridgehead atoms. The first-order valence-electron chi connectivity index (χ1n) is 4.29. The minimum Gasteiger partial charge on any atom is -0.359 e. The fraction of sp³-hybridized carbons (Fsp3) is 0.625. The molecule has 4 nitrogen and oxygen atoms in total. The van der Waals surface area contributed by atoms with Gasteiger partial charge < -0.3 is 15.6 Å². The summed E-state index contributed by atoms with van der Waals surface area (Å²) in [6.07, 6.45) is 1.95. The predicted octanol–water partition coefficient (Wildman–Crippen LogP) is -0.179. The molecule has 2 rings (SSSR count). The number of nitrogens with one attached hydrogen (secondary N) is 1. The molecule has 12 heavy (non-hydrogen) atoms. The maximum Gasteiger partial charge on any atom is 0.153 e. The van der Waals surface area contributed by atoms with Gasteiger partial charge in [-0.3, -0.25) is 0 Å². The van der Waals surface area contributed by atoms with Crippen LogP contribution in [0.1, 0.15) is 17.0 Å². The van der Waals surface area contributed by atoms with Crippen molar-refractivity contribution in [3.05, 3.63) is 17.0 Å². The van der Waals surface area contributed by atoms with Crippen LogP contribution in [-0.2, 0) is 19.4 Å². The Bertz CT molecular complexity index is 269. The lowest BCUT2D eigenvalue weighted by Crippen LogP contribution is -2.16. The minimum atomic E-state index is 0.461. The van der Waals surface area contributed by atoms with E-state index in [1.807, 2.05) is 0 Å². The van der Waals surface area contributed by atoms with Crippen molar-refractivity contribution in [2.75, 3.05) is 13.1 Å². The van der Waals surface area contributed by atoms with Gasteiger partial charge in [-0.2, -0.15) is 0 Å². The predicted molar refractivity (Wildman–Crippen MR) is 44.7 cm³/mol. The summed E-state index contributed by atoms with van der Waals surface area (Å²) in [6.45, 7) is 2.45. The maximum absolute atomic E-state index is 5.52. The van der Waals surface area contributed by atoms with Gasteiger partial charge in [-0.15, -0.1) is 0 Å². The lowest BCUT2D eigenvalue weighted by Gasteiger charge is -1.96. The molecule has 2 heterocycles. The number of aromatic nitrogens is 1. The average Bonchev–Trinajstić information content (AvgIpc) is 2.33.